The van der Waals surface area contributed by atoms with E-state index in [1.165, 1.54) is 36.4 Å². The van der Waals surface area contributed by atoms with Crippen LogP contribution < -0.4 is 0 Å². The Morgan fingerprint density at radius 1 is 1.17 bits per heavy atom. The highest BCUT2D eigenvalue weighted by Crippen LogP contribution is 2.26. The Bertz CT molecular complexity index is 908. The van der Waals surface area contributed by atoms with Crippen molar-refractivity contribution in [3.8, 4) is 0 Å². The Labute approximate surface area is 167 Å². The zero-order valence-corrected chi connectivity index (χ0v) is 15.9. The number of ether oxygens (including phenoxy) is 1. The first-order chi connectivity index (χ1) is 13.8. The zero-order valence-electron chi connectivity index (χ0n) is 15.9. The fourth-order valence-corrected chi connectivity index (χ4v) is 3.32. The first kappa shape index (κ1) is 20.4. The van der Waals surface area contributed by atoms with Gasteiger partial charge in [0.25, 0.3) is 11.6 Å². The van der Waals surface area contributed by atoms with E-state index in [0.717, 1.165) is 0 Å². The predicted octanol–water partition coefficient (Wildman–Crippen LogP) is 3.89. The monoisotopic (exact) mass is 400 g/mol. The van der Waals surface area contributed by atoms with Crippen LogP contribution in [0.4, 0.5) is 10.1 Å². The van der Waals surface area contributed by atoms with Gasteiger partial charge in [0.15, 0.2) is 0 Å². The number of benzene rings is 2. The van der Waals surface area contributed by atoms with Gasteiger partial charge in [0.1, 0.15) is 11.9 Å². The van der Waals surface area contributed by atoms with Gasteiger partial charge in [0.05, 0.1) is 10.8 Å². The minimum absolute atomic E-state index is 0.0574. The molecule has 0 spiro atoms. The summed E-state index contributed by atoms with van der Waals surface area (Å²) in [5, 5.41) is 10.9. The molecule has 2 aromatic carbocycles. The van der Waals surface area contributed by atoms with Gasteiger partial charge in [-0.05, 0) is 49.6 Å². The maximum atomic E-state index is 13.0. The van der Waals surface area contributed by atoms with Gasteiger partial charge in [0.2, 0.25) is 0 Å². The lowest BCUT2D eigenvalue weighted by atomic mass is 9.96. The second-order valence-electron chi connectivity index (χ2n) is 7.00. The molecule has 0 bridgehead atoms. The van der Waals surface area contributed by atoms with E-state index < -0.39 is 16.8 Å². The van der Waals surface area contributed by atoms with Gasteiger partial charge in [-0.1, -0.05) is 12.1 Å². The first-order valence-corrected chi connectivity index (χ1v) is 9.35. The third kappa shape index (κ3) is 4.96. The molecule has 1 fully saturated rings. The van der Waals surface area contributed by atoms with E-state index >= 15 is 0 Å². The highest BCUT2D eigenvalue weighted by Gasteiger charge is 2.30. The highest BCUT2D eigenvalue weighted by atomic mass is 19.1. The number of non-ortho nitro benzene ring substituents is 1. The molecule has 1 atom stereocenters. The van der Waals surface area contributed by atoms with Crippen LogP contribution in [0.3, 0.4) is 0 Å². The SMILES string of the molecule is C[C@H](OC(=O)C1CCN(C(=O)c2ccc(F)cc2)CC1)c1cccc([N+](=O)[O-])c1. The van der Waals surface area contributed by atoms with Gasteiger partial charge in [-0.25, -0.2) is 4.39 Å². The lowest BCUT2D eigenvalue weighted by Crippen LogP contribution is -2.40. The number of likely N-dealkylation sites (tertiary alicyclic amines) is 1. The number of piperidine rings is 1. The molecule has 1 heterocycles. The van der Waals surface area contributed by atoms with Gasteiger partial charge in [-0.3, -0.25) is 19.7 Å². The Morgan fingerprint density at radius 2 is 1.83 bits per heavy atom. The van der Waals surface area contributed by atoms with Crippen LogP contribution in [0.15, 0.2) is 48.5 Å². The van der Waals surface area contributed by atoms with E-state index in [1.54, 1.807) is 24.0 Å². The summed E-state index contributed by atoms with van der Waals surface area (Å²) in [5.41, 5.74) is 0.904. The van der Waals surface area contributed by atoms with Crippen LogP contribution in [-0.2, 0) is 9.53 Å². The molecule has 152 valence electrons. The van der Waals surface area contributed by atoms with E-state index in [2.05, 4.69) is 0 Å². The van der Waals surface area contributed by atoms with Crippen molar-refractivity contribution >= 4 is 17.6 Å². The summed E-state index contributed by atoms with van der Waals surface area (Å²) in [6.45, 7) is 2.48. The molecule has 7 nitrogen and oxygen atoms in total. The zero-order chi connectivity index (χ0) is 21.0. The fraction of sp³-hybridized carbons (Fsp3) is 0.333. The summed E-state index contributed by atoms with van der Waals surface area (Å²) >= 11 is 0. The van der Waals surface area contributed by atoms with Crippen LogP contribution in [0.5, 0.6) is 0 Å². The summed E-state index contributed by atoms with van der Waals surface area (Å²) in [5.74, 6) is -1.31. The third-order valence-corrected chi connectivity index (χ3v) is 5.05. The largest absolute Gasteiger partial charge is 0.458 e. The molecule has 0 aromatic heterocycles. The second-order valence-corrected chi connectivity index (χ2v) is 7.00. The topological polar surface area (TPSA) is 89.8 Å². The molecule has 1 aliphatic heterocycles. The third-order valence-electron chi connectivity index (χ3n) is 5.05. The molecular formula is C21H21FN2O5. The number of halogens is 1. The smallest absolute Gasteiger partial charge is 0.309 e. The van der Waals surface area contributed by atoms with Crippen molar-refractivity contribution in [3.63, 3.8) is 0 Å². The molecule has 0 aliphatic carbocycles. The van der Waals surface area contributed by atoms with Crippen LogP contribution in [-0.4, -0.2) is 34.8 Å². The lowest BCUT2D eigenvalue weighted by Gasteiger charge is -2.31. The molecule has 0 radical (unpaired) electrons. The molecule has 8 heteroatoms. The van der Waals surface area contributed by atoms with Gasteiger partial charge < -0.3 is 9.64 Å². The number of hydrogen-bond donors (Lipinski definition) is 0. The molecule has 2 aromatic rings. The van der Waals surface area contributed by atoms with Crippen LogP contribution in [0, 0.1) is 21.8 Å². The summed E-state index contributed by atoms with van der Waals surface area (Å²) in [6, 6.07) is 11.4. The van der Waals surface area contributed by atoms with Crippen molar-refractivity contribution in [2.24, 2.45) is 5.92 Å². The number of rotatable bonds is 5. The molecular weight excluding hydrogens is 379 g/mol. The van der Waals surface area contributed by atoms with Crippen molar-refractivity contribution in [1.82, 2.24) is 4.90 Å². The van der Waals surface area contributed by atoms with Crippen LogP contribution in [0.1, 0.15) is 41.8 Å². The molecule has 3 rings (SSSR count). The maximum absolute atomic E-state index is 13.0. The second kappa shape index (κ2) is 8.81. The van der Waals surface area contributed by atoms with Gasteiger partial charge in [0, 0.05) is 30.8 Å². The number of carbonyl (C=O) groups excluding carboxylic acids is 2. The van der Waals surface area contributed by atoms with Crippen LogP contribution in [0.2, 0.25) is 0 Å². The Hall–Kier alpha value is -3.29. The lowest BCUT2D eigenvalue weighted by molar-refractivity contribution is -0.385. The van der Waals surface area contributed by atoms with Crippen molar-refractivity contribution in [2.45, 2.75) is 25.9 Å². The average molecular weight is 400 g/mol. The van der Waals surface area contributed by atoms with Crippen molar-refractivity contribution in [3.05, 3.63) is 75.6 Å². The molecule has 1 saturated heterocycles. The van der Waals surface area contributed by atoms with Gasteiger partial charge >= 0.3 is 5.97 Å². The minimum atomic E-state index is -0.610. The molecule has 29 heavy (non-hydrogen) atoms. The fourth-order valence-electron chi connectivity index (χ4n) is 3.32. The Morgan fingerprint density at radius 3 is 2.45 bits per heavy atom. The summed E-state index contributed by atoms with van der Waals surface area (Å²) < 4.78 is 18.5. The summed E-state index contributed by atoms with van der Waals surface area (Å²) in [4.78, 5) is 37.0. The number of nitro benzene ring substituents is 1. The van der Waals surface area contributed by atoms with Crippen LogP contribution >= 0.6 is 0 Å². The van der Waals surface area contributed by atoms with Crippen molar-refractivity contribution in [1.29, 1.82) is 0 Å². The molecule has 0 unspecified atom stereocenters. The van der Waals surface area contributed by atoms with Crippen molar-refractivity contribution < 1.29 is 23.6 Å². The van der Waals surface area contributed by atoms with E-state index in [-0.39, 0.29) is 23.5 Å². The summed E-state index contributed by atoms with van der Waals surface area (Å²) in [6.07, 6.45) is 0.321. The number of amides is 1. The Balaban J connectivity index is 1.54. The highest BCUT2D eigenvalue weighted by molar-refractivity contribution is 5.94. The predicted molar refractivity (Wildman–Crippen MR) is 103 cm³/mol. The quantitative estimate of drug-likeness (QED) is 0.431. The normalized spacial score (nSPS) is 15.6. The number of hydrogen-bond acceptors (Lipinski definition) is 5. The minimum Gasteiger partial charge on any atom is -0.458 e. The molecule has 0 saturated carbocycles. The van der Waals surface area contributed by atoms with Gasteiger partial charge in [-0.2, -0.15) is 0 Å². The van der Waals surface area contributed by atoms with E-state index in [9.17, 15) is 24.1 Å². The number of nitro groups is 1. The van der Waals surface area contributed by atoms with Crippen LogP contribution in [0.25, 0.3) is 0 Å². The molecule has 0 N–H and O–H groups in total. The van der Waals surface area contributed by atoms with Gasteiger partial charge in [-0.15, -0.1) is 0 Å². The Kier molecular flexibility index (Phi) is 6.21. The molecule has 1 amide bonds. The average Bonchev–Trinajstić information content (AvgIpc) is 2.74. The summed E-state index contributed by atoms with van der Waals surface area (Å²) in [7, 11) is 0. The molecule has 1 aliphatic rings. The van der Waals surface area contributed by atoms with E-state index in [4.69, 9.17) is 4.74 Å². The maximum Gasteiger partial charge on any atom is 0.309 e. The number of nitrogens with zero attached hydrogens (tertiary/aromatic N) is 2. The van der Waals surface area contributed by atoms with Crippen molar-refractivity contribution in [2.75, 3.05) is 13.1 Å². The number of carbonyl (C=O) groups is 2. The standard InChI is InChI=1S/C21H21FN2O5/c1-14(17-3-2-4-19(13-17)24(27)28)29-21(26)16-9-11-23(12-10-16)20(25)15-5-7-18(22)8-6-15/h2-8,13-14,16H,9-12H2,1H3/t14-/m0/s1. The number of esters is 1. The first-order valence-electron chi connectivity index (χ1n) is 9.35. The van der Waals surface area contributed by atoms with E-state index in [0.29, 0.717) is 37.1 Å². The van der Waals surface area contributed by atoms with E-state index in [1.807, 2.05) is 0 Å².